The van der Waals surface area contributed by atoms with Gasteiger partial charge in [-0.25, -0.2) is 8.42 Å². The number of amides is 2. The van der Waals surface area contributed by atoms with Gasteiger partial charge in [0.15, 0.2) is 0 Å². The molecule has 0 aliphatic carbocycles. The highest BCUT2D eigenvalue weighted by Crippen LogP contribution is 2.30. The first-order chi connectivity index (χ1) is 13.4. The number of alkyl halides is 3. The van der Waals surface area contributed by atoms with Crippen molar-refractivity contribution in [3.8, 4) is 5.75 Å². The van der Waals surface area contributed by atoms with Gasteiger partial charge in [-0.2, -0.15) is 0 Å². The highest BCUT2D eigenvalue weighted by molar-refractivity contribution is 7.92. The van der Waals surface area contributed by atoms with Gasteiger partial charge in [0.2, 0.25) is 11.8 Å². The Morgan fingerprint density at radius 2 is 1.55 bits per heavy atom. The summed E-state index contributed by atoms with van der Waals surface area (Å²) in [6.45, 7) is 1.40. The molecule has 0 saturated heterocycles. The lowest BCUT2D eigenvalue weighted by molar-refractivity contribution is -0.274. The van der Waals surface area contributed by atoms with Gasteiger partial charge in [-0.15, -0.1) is 13.2 Å². The Hall–Kier alpha value is -3.28. The number of sulfonamides is 1. The molecule has 3 rings (SSSR count). The summed E-state index contributed by atoms with van der Waals surface area (Å²) in [5.41, 5.74) is 0.338. The van der Waals surface area contributed by atoms with Crippen molar-refractivity contribution in [1.82, 2.24) is 0 Å². The molecular formula is C17H14F3N3O5S. The van der Waals surface area contributed by atoms with E-state index in [0.29, 0.717) is 0 Å². The van der Waals surface area contributed by atoms with Crippen LogP contribution in [0.3, 0.4) is 0 Å². The van der Waals surface area contributed by atoms with E-state index in [2.05, 4.69) is 20.1 Å². The van der Waals surface area contributed by atoms with E-state index >= 15 is 0 Å². The molecule has 1 unspecified atom stereocenters. The van der Waals surface area contributed by atoms with E-state index in [1.807, 2.05) is 0 Å². The molecule has 3 N–H and O–H groups in total. The molecule has 12 heteroatoms. The molecule has 0 radical (unpaired) electrons. The van der Waals surface area contributed by atoms with Crippen LogP contribution in [0.1, 0.15) is 6.92 Å². The van der Waals surface area contributed by atoms with Gasteiger partial charge in [0.05, 0.1) is 16.3 Å². The van der Waals surface area contributed by atoms with Crippen LogP contribution in [0.4, 0.5) is 30.2 Å². The number of rotatable bonds is 4. The predicted molar refractivity (Wildman–Crippen MR) is 96.8 cm³/mol. The third-order valence-corrected chi connectivity index (χ3v) is 5.32. The lowest BCUT2D eigenvalue weighted by Crippen LogP contribution is -2.28. The summed E-state index contributed by atoms with van der Waals surface area (Å²) in [6, 6.07) is 7.82. The van der Waals surface area contributed by atoms with E-state index in [4.69, 9.17) is 0 Å². The van der Waals surface area contributed by atoms with Gasteiger partial charge in [0.25, 0.3) is 10.0 Å². The molecule has 0 fully saturated rings. The van der Waals surface area contributed by atoms with Crippen LogP contribution in [0.25, 0.3) is 0 Å². The van der Waals surface area contributed by atoms with Crippen molar-refractivity contribution in [3.05, 3.63) is 42.5 Å². The molecule has 154 valence electrons. The largest absolute Gasteiger partial charge is 0.573 e. The molecule has 1 aliphatic heterocycles. The van der Waals surface area contributed by atoms with Crippen LogP contribution < -0.4 is 20.1 Å². The number of fused-ring (bicyclic) bond motifs is 1. The minimum atomic E-state index is -4.86. The van der Waals surface area contributed by atoms with E-state index in [-0.39, 0.29) is 22.0 Å². The van der Waals surface area contributed by atoms with Crippen LogP contribution in [-0.2, 0) is 19.6 Å². The molecule has 0 aromatic heterocycles. The summed E-state index contributed by atoms with van der Waals surface area (Å²) in [7, 11) is -4.13. The van der Waals surface area contributed by atoms with Gasteiger partial charge in [0, 0.05) is 5.69 Å². The number of anilines is 3. The molecule has 0 spiro atoms. The fourth-order valence-electron chi connectivity index (χ4n) is 2.44. The van der Waals surface area contributed by atoms with Crippen molar-refractivity contribution in [2.45, 2.75) is 18.2 Å². The molecule has 1 atom stereocenters. The van der Waals surface area contributed by atoms with Crippen LogP contribution in [0, 0.1) is 5.92 Å². The van der Waals surface area contributed by atoms with Gasteiger partial charge >= 0.3 is 6.36 Å². The number of ether oxygens (including phenoxy) is 1. The van der Waals surface area contributed by atoms with Crippen LogP contribution in [0.15, 0.2) is 47.4 Å². The number of hydrogen-bond acceptors (Lipinski definition) is 5. The van der Waals surface area contributed by atoms with E-state index < -0.39 is 39.9 Å². The quantitative estimate of drug-likeness (QED) is 0.647. The Bertz CT molecular complexity index is 1070. The first kappa shape index (κ1) is 20.5. The van der Waals surface area contributed by atoms with Crippen LogP contribution in [0.5, 0.6) is 5.75 Å². The number of nitrogens with one attached hydrogen (secondary N) is 3. The van der Waals surface area contributed by atoms with E-state index in [1.54, 1.807) is 0 Å². The minimum absolute atomic E-state index is 0.000396. The molecule has 2 aromatic rings. The summed E-state index contributed by atoms with van der Waals surface area (Å²) < 4.78 is 67.6. The number of hydrogen-bond donors (Lipinski definition) is 3. The Morgan fingerprint density at radius 1 is 0.966 bits per heavy atom. The fourth-order valence-corrected chi connectivity index (χ4v) is 3.53. The van der Waals surface area contributed by atoms with E-state index in [1.165, 1.54) is 19.1 Å². The molecule has 1 heterocycles. The maximum atomic E-state index is 12.6. The highest BCUT2D eigenvalue weighted by Gasteiger charge is 2.31. The Labute approximate surface area is 163 Å². The molecule has 0 saturated carbocycles. The Morgan fingerprint density at radius 3 is 2.14 bits per heavy atom. The van der Waals surface area contributed by atoms with Gasteiger partial charge < -0.3 is 15.4 Å². The topological polar surface area (TPSA) is 114 Å². The second kappa shape index (κ2) is 7.28. The van der Waals surface area contributed by atoms with Gasteiger partial charge in [0.1, 0.15) is 11.7 Å². The predicted octanol–water partition coefficient (Wildman–Crippen LogP) is 2.91. The van der Waals surface area contributed by atoms with Crippen molar-refractivity contribution in [1.29, 1.82) is 0 Å². The summed E-state index contributed by atoms with van der Waals surface area (Å²) in [4.78, 5) is 23.6. The van der Waals surface area contributed by atoms with Crippen LogP contribution in [0.2, 0.25) is 0 Å². The zero-order valence-electron chi connectivity index (χ0n) is 14.7. The summed E-state index contributed by atoms with van der Waals surface area (Å²) in [5.74, 6) is -2.59. The standard InChI is InChI=1S/C17H14F3N3O5S/c1-9-15(24)21-13-7-6-12(8-14(13)22-16(9)25)29(26,27)23-10-2-4-11(5-3-10)28-17(18,19)20/h2-9,23H,1H3,(H,21,24)(H,22,25). The van der Waals surface area contributed by atoms with E-state index in [0.717, 1.165) is 30.3 Å². The average Bonchev–Trinajstić information content (AvgIpc) is 2.72. The van der Waals surface area contributed by atoms with Crippen molar-refractivity contribution in [2.24, 2.45) is 5.92 Å². The normalized spacial score (nSPS) is 16.9. The Balaban J connectivity index is 1.83. The molecule has 29 heavy (non-hydrogen) atoms. The van der Waals surface area contributed by atoms with Crippen molar-refractivity contribution < 1.29 is 35.9 Å². The fraction of sp³-hybridized carbons (Fsp3) is 0.176. The van der Waals surface area contributed by atoms with Crippen LogP contribution in [-0.4, -0.2) is 26.6 Å². The number of benzene rings is 2. The van der Waals surface area contributed by atoms with E-state index in [9.17, 15) is 31.2 Å². The molecule has 2 aromatic carbocycles. The third kappa shape index (κ3) is 4.77. The van der Waals surface area contributed by atoms with Crippen molar-refractivity contribution in [2.75, 3.05) is 15.4 Å². The molecule has 8 nitrogen and oxygen atoms in total. The number of carbonyl (C=O) groups excluding carboxylic acids is 2. The second-order valence-electron chi connectivity index (χ2n) is 6.09. The maximum absolute atomic E-state index is 12.6. The maximum Gasteiger partial charge on any atom is 0.573 e. The molecule has 1 aliphatic rings. The molecule has 0 bridgehead atoms. The van der Waals surface area contributed by atoms with Gasteiger partial charge in [-0.05, 0) is 49.4 Å². The van der Waals surface area contributed by atoms with Crippen molar-refractivity contribution in [3.63, 3.8) is 0 Å². The smallest absolute Gasteiger partial charge is 0.406 e. The van der Waals surface area contributed by atoms with Gasteiger partial charge in [-0.3, -0.25) is 14.3 Å². The summed E-state index contributed by atoms with van der Waals surface area (Å²) >= 11 is 0. The summed E-state index contributed by atoms with van der Waals surface area (Å²) in [6.07, 6.45) is -4.86. The first-order valence-corrected chi connectivity index (χ1v) is 9.57. The van der Waals surface area contributed by atoms with Crippen LogP contribution >= 0.6 is 0 Å². The first-order valence-electron chi connectivity index (χ1n) is 8.09. The minimum Gasteiger partial charge on any atom is -0.406 e. The number of carbonyl (C=O) groups is 2. The monoisotopic (exact) mass is 429 g/mol. The van der Waals surface area contributed by atoms with Crippen molar-refractivity contribution >= 4 is 38.9 Å². The SMILES string of the molecule is CC1C(=O)Nc2ccc(S(=O)(=O)Nc3ccc(OC(F)(F)F)cc3)cc2NC1=O. The lowest BCUT2D eigenvalue weighted by Gasteiger charge is -2.13. The Kier molecular flexibility index (Phi) is 5.13. The zero-order valence-corrected chi connectivity index (χ0v) is 15.5. The highest BCUT2D eigenvalue weighted by atomic mass is 32.2. The number of halogens is 3. The molecule has 2 amide bonds. The van der Waals surface area contributed by atoms with Gasteiger partial charge in [-0.1, -0.05) is 0 Å². The molecular weight excluding hydrogens is 415 g/mol. The zero-order chi connectivity index (χ0) is 21.4. The summed E-state index contributed by atoms with van der Waals surface area (Å²) in [5, 5.41) is 4.98. The average molecular weight is 429 g/mol. The lowest BCUT2D eigenvalue weighted by atomic mass is 10.1. The second-order valence-corrected chi connectivity index (χ2v) is 7.77. The third-order valence-electron chi connectivity index (χ3n) is 3.94.